The van der Waals surface area contributed by atoms with Crippen LogP contribution in [0.3, 0.4) is 0 Å². The molecule has 0 aliphatic carbocycles. The van der Waals surface area contributed by atoms with Gasteiger partial charge in [-0.25, -0.2) is 4.79 Å². The van der Waals surface area contributed by atoms with Crippen molar-refractivity contribution in [3.63, 3.8) is 0 Å². The minimum atomic E-state index is -0.949. The number of carboxylic acid groups (broad SMARTS) is 1. The molecule has 6 heteroatoms. The number of aromatic nitrogens is 1. The highest BCUT2D eigenvalue weighted by Gasteiger charge is 2.08. The fraction of sp³-hybridized carbons (Fsp3) is 0.0714. The van der Waals surface area contributed by atoms with E-state index in [2.05, 4.69) is 0 Å². The van der Waals surface area contributed by atoms with Gasteiger partial charge >= 0.3 is 5.97 Å². The fourth-order valence-corrected chi connectivity index (χ4v) is 1.73. The van der Waals surface area contributed by atoms with Gasteiger partial charge in [-0.15, -0.1) is 0 Å². The van der Waals surface area contributed by atoms with Crippen LogP contribution in [0.5, 0.6) is 0 Å². The number of amides is 1. The highest BCUT2D eigenvalue weighted by atomic mass is 35.5. The third-order valence-electron chi connectivity index (χ3n) is 2.71. The Kier molecular flexibility index (Phi) is 5.23. The monoisotopic (exact) mass is 292 g/mol. The van der Waals surface area contributed by atoms with Crippen molar-refractivity contribution in [2.75, 3.05) is 0 Å². The lowest BCUT2D eigenvalue weighted by Crippen LogP contribution is -3.00. The molecule has 0 radical (unpaired) electrons. The van der Waals surface area contributed by atoms with Crippen LogP contribution in [0.2, 0.25) is 0 Å². The summed E-state index contributed by atoms with van der Waals surface area (Å²) >= 11 is 0. The molecule has 0 saturated carbocycles. The maximum Gasteiger partial charge on any atom is 0.335 e. The quantitative estimate of drug-likeness (QED) is 0.629. The first-order valence-electron chi connectivity index (χ1n) is 5.67. The number of carbonyl (C=O) groups excluding carboxylic acids is 1. The molecule has 20 heavy (non-hydrogen) atoms. The first kappa shape index (κ1) is 15.7. The van der Waals surface area contributed by atoms with Gasteiger partial charge < -0.3 is 23.2 Å². The summed E-state index contributed by atoms with van der Waals surface area (Å²) in [5, 5.41) is 8.81. The Bertz CT molecular complexity index is 627. The second-order valence-electron chi connectivity index (χ2n) is 4.13. The molecule has 104 valence electrons. The summed E-state index contributed by atoms with van der Waals surface area (Å²) < 4.78 is 1.82. The van der Waals surface area contributed by atoms with Crippen molar-refractivity contribution in [3.8, 4) is 0 Å². The average Bonchev–Trinajstić information content (AvgIpc) is 2.39. The van der Waals surface area contributed by atoms with E-state index in [1.54, 1.807) is 42.6 Å². The number of nitrogens with zero attached hydrogens (tertiary/aromatic N) is 1. The van der Waals surface area contributed by atoms with Crippen molar-refractivity contribution < 1.29 is 31.7 Å². The number of rotatable bonds is 4. The summed E-state index contributed by atoms with van der Waals surface area (Å²) in [6.45, 7) is 0.543. The lowest BCUT2D eigenvalue weighted by Gasteiger charge is -2.00. The average molecular weight is 293 g/mol. The Labute approximate surface area is 122 Å². The molecular formula is C14H13ClN2O3. The molecule has 0 atom stereocenters. The number of primary amides is 1. The van der Waals surface area contributed by atoms with Crippen LogP contribution in [0.15, 0.2) is 48.8 Å². The van der Waals surface area contributed by atoms with Gasteiger partial charge in [-0.05, 0) is 18.2 Å². The number of nitrogens with two attached hydrogens (primary N) is 1. The molecule has 0 aliphatic rings. The Morgan fingerprint density at radius 1 is 1.10 bits per heavy atom. The molecule has 1 heterocycles. The molecule has 3 N–H and O–H groups in total. The van der Waals surface area contributed by atoms with E-state index < -0.39 is 11.9 Å². The van der Waals surface area contributed by atoms with E-state index in [1.807, 2.05) is 10.8 Å². The van der Waals surface area contributed by atoms with Crippen LogP contribution in [0, 0.1) is 0 Å². The van der Waals surface area contributed by atoms with Crippen molar-refractivity contribution in [2.24, 2.45) is 5.73 Å². The summed E-state index contributed by atoms with van der Waals surface area (Å²) in [7, 11) is 0. The topological polar surface area (TPSA) is 84.3 Å². The second kappa shape index (κ2) is 6.68. The van der Waals surface area contributed by atoms with E-state index in [9.17, 15) is 9.59 Å². The SMILES string of the molecule is NC(=O)c1ccc[n+](Cc2ccc(C(=O)O)cc2)c1.[Cl-]. The van der Waals surface area contributed by atoms with E-state index in [4.69, 9.17) is 10.8 Å². The van der Waals surface area contributed by atoms with Crippen LogP contribution < -0.4 is 22.7 Å². The van der Waals surface area contributed by atoms with Crippen molar-refractivity contribution in [1.82, 2.24) is 0 Å². The first-order chi connectivity index (χ1) is 9.06. The molecule has 2 aromatic rings. The van der Waals surface area contributed by atoms with Crippen LogP contribution in [-0.2, 0) is 6.54 Å². The Balaban J connectivity index is 0.00000200. The van der Waals surface area contributed by atoms with Crippen LogP contribution in [-0.4, -0.2) is 17.0 Å². The molecule has 1 aromatic heterocycles. The summed E-state index contributed by atoms with van der Waals surface area (Å²) in [5.74, 6) is -1.43. The van der Waals surface area contributed by atoms with E-state index >= 15 is 0 Å². The van der Waals surface area contributed by atoms with Crippen LogP contribution in [0.1, 0.15) is 26.3 Å². The zero-order valence-corrected chi connectivity index (χ0v) is 11.2. The van der Waals surface area contributed by atoms with Crippen molar-refractivity contribution >= 4 is 11.9 Å². The number of carbonyl (C=O) groups is 2. The Morgan fingerprint density at radius 3 is 2.30 bits per heavy atom. The second-order valence-corrected chi connectivity index (χ2v) is 4.13. The lowest BCUT2D eigenvalue weighted by molar-refractivity contribution is -0.688. The third-order valence-corrected chi connectivity index (χ3v) is 2.71. The van der Waals surface area contributed by atoms with Crippen molar-refractivity contribution in [1.29, 1.82) is 0 Å². The third kappa shape index (κ3) is 3.80. The lowest BCUT2D eigenvalue weighted by atomic mass is 10.1. The van der Waals surface area contributed by atoms with Gasteiger partial charge in [0.05, 0.1) is 5.56 Å². The standard InChI is InChI=1S/C14H12N2O3.ClH/c15-13(17)12-2-1-7-16(9-12)8-10-3-5-11(6-4-10)14(18)19;/h1-7,9H,8H2,(H2-,15,17,18,19);1H. The zero-order chi connectivity index (χ0) is 13.8. The number of benzene rings is 1. The molecule has 1 aromatic carbocycles. The van der Waals surface area contributed by atoms with E-state index in [0.717, 1.165) is 5.56 Å². The number of hydrogen-bond donors (Lipinski definition) is 2. The molecule has 2 rings (SSSR count). The Hall–Kier alpha value is -2.40. The summed E-state index contributed by atoms with van der Waals surface area (Å²) in [5.41, 5.74) is 6.84. The minimum Gasteiger partial charge on any atom is -1.00 e. The largest absolute Gasteiger partial charge is 1.00 e. The van der Waals surface area contributed by atoms with Crippen LogP contribution >= 0.6 is 0 Å². The van der Waals surface area contributed by atoms with E-state index in [-0.39, 0.29) is 18.0 Å². The predicted octanol–water partition coefficient (Wildman–Crippen LogP) is -2.18. The normalized spacial score (nSPS) is 9.60. The van der Waals surface area contributed by atoms with Crippen LogP contribution in [0.25, 0.3) is 0 Å². The molecule has 0 unspecified atom stereocenters. The van der Waals surface area contributed by atoms with Gasteiger partial charge in [0.2, 0.25) is 0 Å². The van der Waals surface area contributed by atoms with Gasteiger partial charge in [-0.3, -0.25) is 4.79 Å². The predicted molar refractivity (Wildman–Crippen MR) is 67.7 cm³/mol. The number of halogens is 1. The van der Waals surface area contributed by atoms with Gasteiger partial charge in [0.25, 0.3) is 5.91 Å². The molecular weight excluding hydrogens is 280 g/mol. The zero-order valence-electron chi connectivity index (χ0n) is 10.5. The van der Waals surface area contributed by atoms with Gasteiger partial charge in [-0.2, -0.15) is 4.57 Å². The number of carboxylic acids is 1. The minimum absolute atomic E-state index is 0. The van der Waals surface area contributed by atoms with E-state index in [0.29, 0.717) is 12.1 Å². The molecule has 5 nitrogen and oxygen atoms in total. The van der Waals surface area contributed by atoms with Gasteiger partial charge in [0.1, 0.15) is 5.56 Å². The van der Waals surface area contributed by atoms with Crippen LogP contribution in [0.4, 0.5) is 0 Å². The highest BCUT2D eigenvalue weighted by molar-refractivity contribution is 5.92. The molecule has 0 bridgehead atoms. The summed E-state index contributed by atoms with van der Waals surface area (Å²) in [6, 6.07) is 9.98. The molecule has 1 amide bonds. The Morgan fingerprint density at radius 2 is 1.75 bits per heavy atom. The van der Waals surface area contributed by atoms with Gasteiger partial charge in [-0.1, -0.05) is 12.1 Å². The summed E-state index contributed by atoms with van der Waals surface area (Å²) in [4.78, 5) is 21.8. The summed E-state index contributed by atoms with van der Waals surface area (Å²) in [6.07, 6.45) is 3.48. The molecule has 0 spiro atoms. The van der Waals surface area contributed by atoms with Crippen molar-refractivity contribution in [3.05, 3.63) is 65.5 Å². The first-order valence-corrected chi connectivity index (χ1v) is 5.67. The number of aromatic carboxylic acids is 1. The molecule has 0 saturated heterocycles. The van der Waals surface area contributed by atoms with Gasteiger partial charge in [0, 0.05) is 11.6 Å². The van der Waals surface area contributed by atoms with E-state index in [1.165, 1.54) is 0 Å². The smallest absolute Gasteiger partial charge is 0.335 e. The number of hydrogen-bond acceptors (Lipinski definition) is 2. The molecule has 0 fully saturated rings. The maximum atomic E-state index is 11.1. The van der Waals surface area contributed by atoms with Crippen molar-refractivity contribution in [2.45, 2.75) is 6.54 Å². The maximum absolute atomic E-state index is 11.1. The van der Waals surface area contributed by atoms with Gasteiger partial charge in [0.15, 0.2) is 18.9 Å². The highest BCUT2D eigenvalue weighted by Crippen LogP contribution is 2.04. The number of pyridine rings is 1. The molecule has 0 aliphatic heterocycles. The fourth-order valence-electron chi connectivity index (χ4n) is 1.73.